The molecule has 0 aliphatic rings. The first-order valence-electron chi connectivity index (χ1n) is 5.97. The molecule has 2 aromatic rings. The molecule has 0 unspecified atom stereocenters. The SMILES string of the molecule is CC(C)OC(=O)c1ccccc1-c1ccc(C=O)o1. The largest absolute Gasteiger partial charge is 0.459 e. The van der Waals surface area contributed by atoms with E-state index in [9.17, 15) is 9.59 Å². The molecule has 1 aromatic carbocycles. The van der Waals surface area contributed by atoms with E-state index in [0.717, 1.165) is 0 Å². The first kappa shape index (κ1) is 13.1. The molecule has 0 aliphatic heterocycles. The van der Waals surface area contributed by atoms with E-state index in [2.05, 4.69) is 0 Å². The molecule has 0 N–H and O–H groups in total. The molecule has 2 rings (SSSR count). The number of furan rings is 1. The highest BCUT2D eigenvalue weighted by Crippen LogP contribution is 2.26. The van der Waals surface area contributed by atoms with Crippen molar-refractivity contribution in [3.63, 3.8) is 0 Å². The van der Waals surface area contributed by atoms with Gasteiger partial charge in [0.05, 0.1) is 11.7 Å². The van der Waals surface area contributed by atoms with Gasteiger partial charge < -0.3 is 9.15 Å². The predicted octanol–water partition coefficient (Wildman–Crippen LogP) is 3.32. The van der Waals surface area contributed by atoms with Crippen LogP contribution in [0.25, 0.3) is 11.3 Å². The number of aldehydes is 1. The minimum atomic E-state index is -0.408. The average molecular weight is 258 g/mol. The van der Waals surface area contributed by atoms with Crippen LogP contribution in [-0.4, -0.2) is 18.4 Å². The third-order valence-corrected chi connectivity index (χ3v) is 2.50. The van der Waals surface area contributed by atoms with E-state index in [-0.39, 0.29) is 11.9 Å². The third-order valence-electron chi connectivity index (χ3n) is 2.50. The number of benzene rings is 1. The molecule has 0 spiro atoms. The number of carbonyl (C=O) groups is 2. The van der Waals surface area contributed by atoms with E-state index in [1.165, 1.54) is 0 Å². The summed E-state index contributed by atoms with van der Waals surface area (Å²) in [5.74, 6) is 0.287. The lowest BCUT2D eigenvalue weighted by atomic mass is 10.1. The standard InChI is InChI=1S/C15H14O4/c1-10(2)18-15(17)13-6-4-3-5-12(13)14-8-7-11(9-16)19-14/h3-10H,1-2H3. The van der Waals surface area contributed by atoms with Crippen molar-refractivity contribution in [2.24, 2.45) is 0 Å². The molecule has 1 heterocycles. The summed E-state index contributed by atoms with van der Waals surface area (Å²) in [5, 5.41) is 0. The Kier molecular flexibility index (Phi) is 3.80. The molecule has 4 nitrogen and oxygen atoms in total. The summed E-state index contributed by atoms with van der Waals surface area (Å²) in [7, 11) is 0. The third kappa shape index (κ3) is 2.91. The predicted molar refractivity (Wildman–Crippen MR) is 70.1 cm³/mol. The molecule has 98 valence electrons. The molecule has 0 fully saturated rings. The van der Waals surface area contributed by atoms with Gasteiger partial charge in [0.25, 0.3) is 0 Å². The van der Waals surface area contributed by atoms with E-state index in [0.29, 0.717) is 23.2 Å². The number of esters is 1. The van der Waals surface area contributed by atoms with Gasteiger partial charge in [0, 0.05) is 5.56 Å². The van der Waals surface area contributed by atoms with Gasteiger partial charge in [-0.05, 0) is 32.0 Å². The topological polar surface area (TPSA) is 56.5 Å². The van der Waals surface area contributed by atoms with E-state index in [1.807, 2.05) is 0 Å². The summed E-state index contributed by atoms with van der Waals surface area (Å²) >= 11 is 0. The van der Waals surface area contributed by atoms with Crippen LogP contribution in [0.15, 0.2) is 40.8 Å². The number of hydrogen-bond donors (Lipinski definition) is 0. The van der Waals surface area contributed by atoms with E-state index < -0.39 is 5.97 Å². The molecule has 0 aliphatic carbocycles. The molecule has 0 saturated heterocycles. The second-order valence-electron chi connectivity index (χ2n) is 4.32. The van der Waals surface area contributed by atoms with E-state index in [4.69, 9.17) is 9.15 Å². The lowest BCUT2D eigenvalue weighted by Crippen LogP contribution is -2.12. The molecule has 0 saturated carbocycles. The van der Waals surface area contributed by atoms with Crippen LogP contribution in [0.5, 0.6) is 0 Å². The lowest BCUT2D eigenvalue weighted by Gasteiger charge is -2.10. The van der Waals surface area contributed by atoms with Crippen LogP contribution in [0.2, 0.25) is 0 Å². The fourth-order valence-corrected chi connectivity index (χ4v) is 1.71. The summed E-state index contributed by atoms with van der Waals surface area (Å²) < 4.78 is 10.5. The van der Waals surface area contributed by atoms with Crippen molar-refractivity contribution in [1.29, 1.82) is 0 Å². The Morgan fingerprint density at radius 2 is 1.95 bits per heavy atom. The van der Waals surface area contributed by atoms with Crippen LogP contribution in [0, 0.1) is 0 Å². The fourth-order valence-electron chi connectivity index (χ4n) is 1.71. The highest BCUT2D eigenvalue weighted by Gasteiger charge is 2.17. The van der Waals surface area contributed by atoms with Gasteiger partial charge in [-0.15, -0.1) is 0 Å². The van der Waals surface area contributed by atoms with Crippen molar-refractivity contribution in [2.75, 3.05) is 0 Å². The zero-order valence-electron chi connectivity index (χ0n) is 10.8. The maximum atomic E-state index is 12.0. The highest BCUT2D eigenvalue weighted by molar-refractivity contribution is 5.96. The van der Waals surface area contributed by atoms with E-state index >= 15 is 0 Å². The lowest BCUT2D eigenvalue weighted by molar-refractivity contribution is 0.0378. The quantitative estimate of drug-likeness (QED) is 0.623. The van der Waals surface area contributed by atoms with Gasteiger partial charge in [0.1, 0.15) is 5.76 Å². The molecular formula is C15H14O4. The first-order chi connectivity index (χ1) is 9.11. The summed E-state index contributed by atoms with van der Waals surface area (Å²) in [6.07, 6.45) is 0.432. The Morgan fingerprint density at radius 3 is 2.58 bits per heavy atom. The maximum absolute atomic E-state index is 12.0. The molecule has 0 amide bonds. The van der Waals surface area contributed by atoms with Crippen LogP contribution in [-0.2, 0) is 4.74 Å². The van der Waals surface area contributed by atoms with Crippen molar-refractivity contribution < 1.29 is 18.7 Å². The number of rotatable bonds is 4. The zero-order chi connectivity index (χ0) is 13.8. The van der Waals surface area contributed by atoms with Gasteiger partial charge in [0.2, 0.25) is 0 Å². The Balaban J connectivity index is 2.40. The summed E-state index contributed by atoms with van der Waals surface area (Å²) in [6.45, 7) is 3.58. The van der Waals surface area contributed by atoms with Gasteiger partial charge >= 0.3 is 5.97 Å². The average Bonchev–Trinajstić information content (AvgIpc) is 2.86. The van der Waals surface area contributed by atoms with Crippen molar-refractivity contribution >= 4 is 12.3 Å². The molecule has 0 radical (unpaired) electrons. The minimum Gasteiger partial charge on any atom is -0.459 e. The van der Waals surface area contributed by atoms with Crippen LogP contribution in [0.4, 0.5) is 0 Å². The van der Waals surface area contributed by atoms with Crippen molar-refractivity contribution in [3.05, 3.63) is 47.7 Å². The van der Waals surface area contributed by atoms with Gasteiger partial charge in [0.15, 0.2) is 12.0 Å². The minimum absolute atomic E-state index is 0.192. The summed E-state index contributed by atoms with van der Waals surface area (Å²) in [6, 6.07) is 10.2. The van der Waals surface area contributed by atoms with Crippen molar-refractivity contribution in [2.45, 2.75) is 20.0 Å². The first-order valence-corrected chi connectivity index (χ1v) is 5.97. The maximum Gasteiger partial charge on any atom is 0.339 e. The van der Waals surface area contributed by atoms with Crippen molar-refractivity contribution in [1.82, 2.24) is 0 Å². The zero-order valence-corrected chi connectivity index (χ0v) is 10.8. The van der Waals surface area contributed by atoms with Crippen molar-refractivity contribution in [3.8, 4) is 11.3 Å². The molecule has 1 aromatic heterocycles. The normalized spacial score (nSPS) is 10.5. The monoisotopic (exact) mass is 258 g/mol. The highest BCUT2D eigenvalue weighted by atomic mass is 16.5. The summed E-state index contributed by atoms with van der Waals surface area (Å²) in [4.78, 5) is 22.6. The number of ether oxygens (including phenoxy) is 1. The second-order valence-corrected chi connectivity index (χ2v) is 4.32. The summed E-state index contributed by atoms with van der Waals surface area (Å²) in [5.41, 5.74) is 1.03. The van der Waals surface area contributed by atoms with E-state index in [1.54, 1.807) is 50.2 Å². The Labute approximate surface area is 111 Å². The molecule has 4 heteroatoms. The smallest absolute Gasteiger partial charge is 0.339 e. The molecule has 0 bridgehead atoms. The van der Waals surface area contributed by atoms with Gasteiger partial charge in [-0.3, -0.25) is 4.79 Å². The Morgan fingerprint density at radius 1 is 1.21 bits per heavy atom. The fraction of sp³-hybridized carbons (Fsp3) is 0.200. The van der Waals surface area contributed by atoms with Gasteiger partial charge in [-0.25, -0.2) is 4.79 Å². The Bertz CT molecular complexity index is 596. The molecular weight excluding hydrogens is 244 g/mol. The van der Waals surface area contributed by atoms with Gasteiger partial charge in [-0.2, -0.15) is 0 Å². The van der Waals surface area contributed by atoms with Gasteiger partial charge in [-0.1, -0.05) is 18.2 Å². The number of carbonyl (C=O) groups excluding carboxylic acids is 2. The van der Waals surface area contributed by atoms with Crippen LogP contribution >= 0.6 is 0 Å². The molecule has 0 atom stereocenters. The second kappa shape index (κ2) is 5.52. The Hall–Kier alpha value is -2.36. The van der Waals surface area contributed by atoms with Crippen LogP contribution in [0.3, 0.4) is 0 Å². The number of hydrogen-bond acceptors (Lipinski definition) is 4. The van der Waals surface area contributed by atoms with Crippen LogP contribution in [0.1, 0.15) is 34.8 Å². The van der Waals surface area contributed by atoms with Crippen LogP contribution < -0.4 is 0 Å². The molecule has 19 heavy (non-hydrogen) atoms.